The molecule has 0 amide bonds. The molecule has 0 saturated carbocycles. The molecule has 6 aromatic rings. The van der Waals surface area contributed by atoms with Crippen LogP contribution in [0.4, 0.5) is 0 Å². The smallest absolute Gasteiger partial charge is 0.0799 e. The summed E-state index contributed by atoms with van der Waals surface area (Å²) in [5.41, 5.74) is 0. The molecule has 5 heteroatoms. The highest BCUT2D eigenvalue weighted by Gasteiger charge is 2.14. The maximum Gasteiger partial charge on any atom is 0.0799 e. The number of hydrogen-bond acceptors (Lipinski definition) is 3. The van der Waals surface area contributed by atoms with Gasteiger partial charge in [-0.3, -0.25) is 0 Å². The molecular weight excluding hydrogens is 590 g/mol. The summed E-state index contributed by atoms with van der Waals surface area (Å²) in [6, 6.07) is 18.3. The Morgan fingerprint density at radius 3 is 1.76 bits per heavy atom. The third-order valence-corrected chi connectivity index (χ3v) is 11.6. The summed E-state index contributed by atoms with van der Waals surface area (Å²) in [5, 5.41) is 6.99. The van der Waals surface area contributed by atoms with Crippen LogP contribution in [0.15, 0.2) is 48.5 Å². The van der Waals surface area contributed by atoms with Crippen molar-refractivity contribution in [3.63, 3.8) is 0 Å². The summed E-state index contributed by atoms with van der Waals surface area (Å²) in [5.74, 6) is 0. The van der Waals surface area contributed by atoms with Crippen molar-refractivity contribution >= 4 is 130 Å². The van der Waals surface area contributed by atoms with Gasteiger partial charge in [0.05, 0.1) is 2.88 Å². The molecule has 0 aliphatic rings. The van der Waals surface area contributed by atoms with Crippen molar-refractivity contribution in [2.75, 3.05) is 0 Å². The second-order valence-electron chi connectivity index (χ2n) is 6.08. The Labute approximate surface area is 182 Å². The van der Waals surface area contributed by atoms with Crippen LogP contribution in [0.5, 0.6) is 0 Å². The first-order chi connectivity index (χ1) is 12.2. The summed E-state index contributed by atoms with van der Waals surface area (Å²) in [7, 11) is 0. The van der Waals surface area contributed by atoms with Gasteiger partial charge in [-0.2, -0.15) is 0 Å². The van der Waals surface area contributed by atoms with Gasteiger partial charge in [-0.25, -0.2) is 0 Å². The topological polar surface area (TPSA) is 0 Å². The minimum Gasteiger partial charge on any atom is -0.135 e. The van der Waals surface area contributed by atoms with E-state index in [1.54, 1.807) is 0 Å². The van der Waals surface area contributed by atoms with Gasteiger partial charge >= 0.3 is 0 Å². The SMILES string of the molecule is Ic1sc2cc3c(cc2c1I)sc1cc2c(cc13)sc1ccccc12. The summed E-state index contributed by atoms with van der Waals surface area (Å²) in [6.45, 7) is 0. The van der Waals surface area contributed by atoms with Crippen molar-refractivity contribution in [3.05, 3.63) is 55.0 Å². The predicted octanol–water partition coefficient (Wildman–Crippen LogP) is 8.85. The number of benzene rings is 3. The molecule has 0 bridgehead atoms. The number of hydrogen-bond donors (Lipinski definition) is 0. The fourth-order valence-electron chi connectivity index (χ4n) is 3.52. The standard InChI is InChI=1S/C20H8I2S3/c21-19-13-8-17-12(7-18(13)25-20(19)22)11-6-15-10(5-16(11)24-17)9-3-1-2-4-14(9)23-15/h1-8H. The van der Waals surface area contributed by atoms with Gasteiger partial charge in [0.2, 0.25) is 0 Å². The van der Waals surface area contributed by atoms with E-state index in [2.05, 4.69) is 93.7 Å². The van der Waals surface area contributed by atoms with E-state index in [1.165, 1.54) is 56.9 Å². The Bertz CT molecular complexity index is 1470. The molecular formula is C20H8I2S3. The lowest BCUT2D eigenvalue weighted by Crippen LogP contribution is -1.70. The third kappa shape index (κ3) is 2.19. The van der Waals surface area contributed by atoms with Gasteiger partial charge in [-0.05, 0) is 75.5 Å². The van der Waals surface area contributed by atoms with E-state index in [-0.39, 0.29) is 0 Å². The van der Waals surface area contributed by atoms with Crippen LogP contribution in [-0.2, 0) is 0 Å². The van der Waals surface area contributed by atoms with E-state index in [0.29, 0.717) is 0 Å². The zero-order chi connectivity index (χ0) is 16.7. The van der Waals surface area contributed by atoms with Crippen molar-refractivity contribution in [1.82, 2.24) is 0 Å². The van der Waals surface area contributed by atoms with Crippen LogP contribution in [0.2, 0.25) is 0 Å². The van der Waals surface area contributed by atoms with Gasteiger partial charge in [-0.15, -0.1) is 34.0 Å². The van der Waals surface area contributed by atoms with Crippen LogP contribution in [0.25, 0.3) is 50.4 Å². The molecule has 0 atom stereocenters. The second kappa shape index (κ2) is 5.51. The number of fused-ring (bicyclic) bond motifs is 7. The predicted molar refractivity (Wildman–Crippen MR) is 133 cm³/mol. The Morgan fingerprint density at radius 1 is 0.520 bits per heavy atom. The normalized spacial score (nSPS) is 12.4. The molecule has 0 N–H and O–H groups in total. The molecule has 120 valence electrons. The van der Waals surface area contributed by atoms with Crippen LogP contribution in [0.3, 0.4) is 0 Å². The molecule has 3 heterocycles. The largest absolute Gasteiger partial charge is 0.135 e. The number of thiophene rings is 3. The van der Waals surface area contributed by atoms with Crippen LogP contribution in [-0.4, -0.2) is 0 Å². The molecule has 3 aromatic carbocycles. The molecule has 25 heavy (non-hydrogen) atoms. The molecule has 0 radical (unpaired) electrons. The summed E-state index contributed by atoms with van der Waals surface area (Å²) in [4.78, 5) is 0. The van der Waals surface area contributed by atoms with Crippen molar-refractivity contribution in [2.24, 2.45) is 0 Å². The molecule has 0 spiro atoms. The van der Waals surface area contributed by atoms with Gasteiger partial charge < -0.3 is 0 Å². The maximum absolute atomic E-state index is 2.48. The van der Waals surface area contributed by atoms with Gasteiger partial charge in [-0.1, -0.05) is 18.2 Å². The molecule has 0 aliphatic heterocycles. The van der Waals surface area contributed by atoms with E-state index in [4.69, 9.17) is 0 Å². The zero-order valence-electron chi connectivity index (χ0n) is 12.6. The van der Waals surface area contributed by atoms with Gasteiger partial charge in [0.25, 0.3) is 0 Å². The summed E-state index contributed by atoms with van der Waals surface area (Å²) >= 11 is 10.7. The van der Waals surface area contributed by atoms with Crippen molar-refractivity contribution in [2.45, 2.75) is 0 Å². The van der Waals surface area contributed by atoms with Crippen molar-refractivity contribution in [1.29, 1.82) is 0 Å². The lowest BCUT2D eigenvalue weighted by molar-refractivity contribution is 1.87. The minimum absolute atomic E-state index is 1.38. The zero-order valence-corrected chi connectivity index (χ0v) is 19.4. The van der Waals surface area contributed by atoms with Crippen LogP contribution < -0.4 is 0 Å². The molecule has 6 rings (SSSR count). The quantitative estimate of drug-likeness (QED) is 0.153. The lowest BCUT2D eigenvalue weighted by atomic mass is 10.1. The Balaban J connectivity index is 1.79. The Morgan fingerprint density at radius 2 is 1.04 bits per heavy atom. The van der Waals surface area contributed by atoms with E-state index in [9.17, 15) is 0 Å². The first kappa shape index (κ1) is 15.6. The second-order valence-corrected chi connectivity index (χ2v) is 12.2. The van der Waals surface area contributed by atoms with Crippen molar-refractivity contribution < 1.29 is 0 Å². The third-order valence-electron chi connectivity index (χ3n) is 4.68. The molecule has 0 aliphatic carbocycles. The summed E-state index contributed by atoms with van der Waals surface area (Å²) in [6.07, 6.45) is 0. The fraction of sp³-hybridized carbons (Fsp3) is 0. The molecule has 0 saturated heterocycles. The highest BCUT2D eigenvalue weighted by molar-refractivity contribution is 14.1. The van der Waals surface area contributed by atoms with Crippen LogP contribution in [0, 0.1) is 6.45 Å². The molecule has 3 aromatic heterocycles. The Hall–Kier alpha value is -0.480. The van der Waals surface area contributed by atoms with Gasteiger partial charge in [0.15, 0.2) is 0 Å². The van der Waals surface area contributed by atoms with Crippen molar-refractivity contribution in [3.8, 4) is 0 Å². The minimum atomic E-state index is 1.38. The first-order valence-corrected chi connectivity index (χ1v) is 12.3. The first-order valence-electron chi connectivity index (χ1n) is 7.74. The average molecular weight is 598 g/mol. The maximum atomic E-state index is 2.48. The number of rotatable bonds is 0. The highest BCUT2D eigenvalue weighted by Crippen LogP contribution is 2.44. The fourth-order valence-corrected chi connectivity index (χ4v) is 8.60. The van der Waals surface area contributed by atoms with Crippen LogP contribution >= 0.6 is 79.2 Å². The molecule has 0 unspecified atom stereocenters. The van der Waals surface area contributed by atoms with E-state index < -0.39 is 0 Å². The highest BCUT2D eigenvalue weighted by atomic mass is 127. The average Bonchev–Trinajstić information content (AvgIpc) is 3.23. The van der Waals surface area contributed by atoms with E-state index >= 15 is 0 Å². The van der Waals surface area contributed by atoms with Crippen LogP contribution in [0.1, 0.15) is 0 Å². The van der Waals surface area contributed by atoms with Gasteiger partial charge in [0.1, 0.15) is 0 Å². The van der Waals surface area contributed by atoms with E-state index in [0.717, 1.165) is 0 Å². The monoisotopic (exact) mass is 598 g/mol. The van der Waals surface area contributed by atoms with Gasteiger partial charge in [0, 0.05) is 54.0 Å². The summed E-state index contributed by atoms with van der Waals surface area (Å²) < 4.78 is 9.75. The Kier molecular flexibility index (Phi) is 3.43. The van der Waals surface area contributed by atoms with E-state index in [1.807, 2.05) is 34.0 Å². The molecule has 0 fully saturated rings. The lowest BCUT2D eigenvalue weighted by Gasteiger charge is -1.95. The molecule has 0 nitrogen and oxygen atoms in total. The number of halogens is 2.